The maximum atomic E-state index is 13.3. The van der Waals surface area contributed by atoms with Gasteiger partial charge in [0, 0.05) is 31.1 Å². The summed E-state index contributed by atoms with van der Waals surface area (Å²) < 4.78 is 0. The van der Waals surface area contributed by atoms with Crippen LogP contribution < -0.4 is 10.2 Å². The van der Waals surface area contributed by atoms with E-state index in [9.17, 15) is 14.4 Å². The number of amides is 3. The number of likely N-dealkylation sites (N-methyl/N-ethyl adjacent to an activating group) is 1. The third-order valence-electron chi connectivity index (χ3n) is 4.92. The molecule has 0 saturated carbocycles. The number of carbonyl (C=O) groups is 3. The predicted molar refractivity (Wildman–Crippen MR) is 101 cm³/mol. The van der Waals surface area contributed by atoms with Gasteiger partial charge in [-0.25, -0.2) is 0 Å². The first-order valence-corrected chi connectivity index (χ1v) is 8.93. The molecule has 0 bridgehead atoms. The molecule has 1 atom stereocenters. The van der Waals surface area contributed by atoms with Crippen LogP contribution in [0, 0.1) is 0 Å². The Labute approximate surface area is 164 Å². The van der Waals surface area contributed by atoms with Gasteiger partial charge in [-0.05, 0) is 24.3 Å². The smallest absolute Gasteiger partial charge is 0.271 e. The van der Waals surface area contributed by atoms with Gasteiger partial charge < -0.3 is 10.2 Å². The van der Waals surface area contributed by atoms with Crippen LogP contribution in [-0.4, -0.2) is 40.3 Å². The fraction of sp³-hybridized carbons (Fsp3) is 0.222. The van der Waals surface area contributed by atoms with Crippen molar-refractivity contribution in [2.75, 3.05) is 17.3 Å². The first kappa shape index (κ1) is 17.8. The van der Waals surface area contributed by atoms with Crippen LogP contribution in [0.25, 0.3) is 0 Å². The highest BCUT2D eigenvalue weighted by Crippen LogP contribution is 2.45. The Morgan fingerprint density at radius 1 is 1.19 bits per heavy atom. The van der Waals surface area contributed by atoms with E-state index in [2.05, 4.69) is 10.3 Å². The summed E-state index contributed by atoms with van der Waals surface area (Å²) in [5.74, 6) is -1.12. The van der Waals surface area contributed by atoms with E-state index in [1.807, 2.05) is 0 Å². The Hall–Kier alpha value is -2.64. The zero-order chi connectivity index (χ0) is 19.3. The predicted octanol–water partition coefficient (Wildman–Crippen LogP) is 2.94. The van der Waals surface area contributed by atoms with Gasteiger partial charge in [-0.2, -0.15) is 0 Å². The highest BCUT2D eigenvalue weighted by molar-refractivity contribution is 6.32. The van der Waals surface area contributed by atoms with E-state index >= 15 is 0 Å². The summed E-state index contributed by atoms with van der Waals surface area (Å²) in [7, 11) is 1.52. The molecule has 0 aliphatic carbocycles. The first-order valence-electron chi connectivity index (χ1n) is 8.17. The van der Waals surface area contributed by atoms with Crippen LogP contribution in [0.1, 0.15) is 23.2 Å². The number of anilines is 2. The number of benzene rings is 1. The van der Waals surface area contributed by atoms with Crippen molar-refractivity contribution in [1.29, 1.82) is 0 Å². The van der Waals surface area contributed by atoms with Crippen LogP contribution in [0.4, 0.5) is 11.4 Å². The molecule has 138 valence electrons. The molecule has 7 nitrogen and oxygen atoms in total. The minimum Gasteiger partial charge on any atom is -0.321 e. The average molecular weight is 405 g/mol. The summed E-state index contributed by atoms with van der Waals surface area (Å²) >= 11 is 12.0. The topological polar surface area (TPSA) is 82.6 Å². The lowest BCUT2D eigenvalue weighted by Crippen LogP contribution is -2.68. The fourth-order valence-corrected chi connectivity index (χ4v) is 4.00. The largest absolute Gasteiger partial charge is 0.321 e. The Bertz CT molecular complexity index is 996. The molecule has 1 saturated heterocycles. The molecule has 3 amide bonds. The maximum absolute atomic E-state index is 13.3. The molecule has 3 heterocycles. The van der Waals surface area contributed by atoms with Gasteiger partial charge in [-0.15, -0.1) is 0 Å². The molecular weight excluding hydrogens is 391 g/mol. The number of aromatic nitrogens is 1. The van der Waals surface area contributed by atoms with Crippen molar-refractivity contribution in [3.8, 4) is 0 Å². The van der Waals surface area contributed by atoms with Crippen molar-refractivity contribution in [1.82, 2.24) is 9.88 Å². The lowest BCUT2D eigenvalue weighted by atomic mass is 9.96. The minimum atomic E-state index is -1.48. The van der Waals surface area contributed by atoms with Crippen LogP contribution in [0.15, 0.2) is 36.7 Å². The molecule has 2 aliphatic heterocycles. The van der Waals surface area contributed by atoms with Crippen LogP contribution in [0.3, 0.4) is 0 Å². The first-order chi connectivity index (χ1) is 12.8. The number of carbonyl (C=O) groups excluding carboxylic acids is 3. The number of hydrogen-bond acceptors (Lipinski definition) is 4. The normalized spacial score (nSPS) is 21.1. The molecule has 0 radical (unpaired) electrons. The second-order valence-electron chi connectivity index (χ2n) is 6.42. The van der Waals surface area contributed by atoms with Gasteiger partial charge in [0.05, 0.1) is 28.2 Å². The summed E-state index contributed by atoms with van der Waals surface area (Å²) in [6, 6.07) is 6.22. The van der Waals surface area contributed by atoms with E-state index in [4.69, 9.17) is 23.2 Å². The quantitative estimate of drug-likeness (QED) is 0.833. The lowest BCUT2D eigenvalue weighted by Gasteiger charge is -2.47. The second-order valence-corrected chi connectivity index (χ2v) is 7.29. The summed E-state index contributed by atoms with van der Waals surface area (Å²) in [5, 5.41) is 3.46. The van der Waals surface area contributed by atoms with Gasteiger partial charge in [0.1, 0.15) is 0 Å². The molecule has 9 heteroatoms. The monoisotopic (exact) mass is 404 g/mol. The number of hydrogen-bond donors (Lipinski definition) is 1. The number of nitrogens with one attached hydrogen (secondary N) is 1. The lowest BCUT2D eigenvalue weighted by molar-refractivity contribution is -0.128. The number of rotatable bonds is 2. The molecule has 1 N–H and O–H groups in total. The third-order valence-corrected chi connectivity index (χ3v) is 5.37. The zero-order valence-electron chi connectivity index (χ0n) is 14.2. The number of fused-ring (bicyclic) bond motifs is 3. The highest BCUT2D eigenvalue weighted by Gasteiger charge is 2.59. The van der Waals surface area contributed by atoms with Gasteiger partial charge >= 0.3 is 0 Å². The van der Waals surface area contributed by atoms with E-state index in [0.29, 0.717) is 27.0 Å². The van der Waals surface area contributed by atoms with E-state index in [-0.39, 0.29) is 24.7 Å². The molecule has 27 heavy (non-hydrogen) atoms. The summed E-state index contributed by atoms with van der Waals surface area (Å²) in [5.41, 5.74) is -0.440. The number of pyridine rings is 1. The summed E-state index contributed by atoms with van der Waals surface area (Å²) in [6.45, 7) is 0. The van der Waals surface area contributed by atoms with Gasteiger partial charge in [0.25, 0.3) is 11.8 Å². The van der Waals surface area contributed by atoms with Gasteiger partial charge in [-0.1, -0.05) is 23.2 Å². The SMILES string of the molecule is CN1C(=O)c2ccc(Cl)cc2N2C(=O)CCC12C(=O)Nc1cncc(Cl)c1. The molecule has 2 aromatic rings. The molecular formula is C18H14Cl2N4O3. The Kier molecular flexibility index (Phi) is 4.09. The van der Waals surface area contributed by atoms with Crippen molar-refractivity contribution < 1.29 is 14.4 Å². The molecule has 0 spiro atoms. The number of halogens is 2. The van der Waals surface area contributed by atoms with Crippen LogP contribution in [-0.2, 0) is 9.59 Å². The molecule has 1 aromatic carbocycles. The van der Waals surface area contributed by atoms with Crippen LogP contribution in [0.2, 0.25) is 10.0 Å². The molecule has 2 aliphatic rings. The van der Waals surface area contributed by atoms with Crippen molar-refractivity contribution in [2.45, 2.75) is 18.5 Å². The van der Waals surface area contributed by atoms with Crippen molar-refractivity contribution in [2.24, 2.45) is 0 Å². The molecule has 4 rings (SSSR count). The number of nitrogens with zero attached hydrogens (tertiary/aromatic N) is 3. The van der Waals surface area contributed by atoms with E-state index in [1.165, 1.54) is 35.3 Å². The van der Waals surface area contributed by atoms with Crippen molar-refractivity contribution >= 4 is 52.3 Å². The standard InChI is InChI=1S/C18H14Cl2N4O3/c1-23-16(26)13-3-2-10(19)7-14(13)24-15(25)4-5-18(23,24)17(27)22-12-6-11(20)8-21-9-12/h2-3,6-9H,4-5H2,1H3,(H,22,27). The fourth-order valence-electron chi connectivity index (χ4n) is 3.66. The van der Waals surface area contributed by atoms with E-state index in [1.54, 1.807) is 18.2 Å². The Morgan fingerprint density at radius 3 is 2.70 bits per heavy atom. The van der Waals surface area contributed by atoms with Crippen molar-refractivity contribution in [3.05, 3.63) is 52.3 Å². The zero-order valence-corrected chi connectivity index (χ0v) is 15.7. The Balaban J connectivity index is 1.83. The minimum absolute atomic E-state index is 0.130. The van der Waals surface area contributed by atoms with E-state index in [0.717, 1.165) is 0 Å². The van der Waals surface area contributed by atoms with Gasteiger partial charge in [0.2, 0.25) is 11.6 Å². The summed E-state index contributed by atoms with van der Waals surface area (Å²) in [4.78, 5) is 45.5. The molecule has 1 aromatic heterocycles. The average Bonchev–Trinajstić information content (AvgIpc) is 2.98. The summed E-state index contributed by atoms with van der Waals surface area (Å²) in [6.07, 6.45) is 3.18. The van der Waals surface area contributed by atoms with Crippen LogP contribution in [0.5, 0.6) is 0 Å². The molecule has 1 fully saturated rings. The Morgan fingerprint density at radius 2 is 1.96 bits per heavy atom. The van der Waals surface area contributed by atoms with Gasteiger partial charge in [0.15, 0.2) is 0 Å². The van der Waals surface area contributed by atoms with E-state index < -0.39 is 11.6 Å². The van der Waals surface area contributed by atoms with Crippen molar-refractivity contribution in [3.63, 3.8) is 0 Å². The maximum Gasteiger partial charge on any atom is 0.271 e. The highest BCUT2D eigenvalue weighted by atomic mass is 35.5. The third kappa shape index (κ3) is 2.57. The van der Waals surface area contributed by atoms with Crippen LogP contribution >= 0.6 is 23.2 Å². The second kappa shape index (κ2) is 6.21. The molecule has 1 unspecified atom stereocenters. The van der Waals surface area contributed by atoms with Gasteiger partial charge in [-0.3, -0.25) is 24.3 Å².